The lowest BCUT2D eigenvalue weighted by Crippen LogP contribution is -2.38. The zero-order valence-corrected chi connectivity index (χ0v) is 13.2. The molecule has 0 saturated heterocycles. The summed E-state index contributed by atoms with van der Waals surface area (Å²) < 4.78 is 16.8. The minimum absolute atomic E-state index is 0.0127. The van der Waals surface area contributed by atoms with Crippen LogP contribution in [0.5, 0.6) is 0 Å². The molecule has 0 aliphatic carbocycles. The summed E-state index contributed by atoms with van der Waals surface area (Å²) in [5.41, 5.74) is 5.92. The molecule has 0 bridgehead atoms. The van der Waals surface area contributed by atoms with Crippen LogP contribution < -0.4 is 5.73 Å². The first-order valence-electron chi connectivity index (χ1n) is 5.91. The van der Waals surface area contributed by atoms with Gasteiger partial charge in [0.25, 0.3) is 0 Å². The van der Waals surface area contributed by atoms with Crippen LogP contribution in [0.1, 0.15) is 25.3 Å². The van der Waals surface area contributed by atoms with E-state index in [-0.39, 0.29) is 6.79 Å². The highest BCUT2D eigenvalue weighted by Crippen LogP contribution is 2.33. The predicted molar refractivity (Wildman–Crippen MR) is 79.4 cm³/mol. The maximum Gasteiger partial charge on any atom is 0.407 e. The fourth-order valence-corrected chi connectivity index (χ4v) is 2.35. The third-order valence-corrected chi connectivity index (χ3v) is 3.19. The van der Waals surface area contributed by atoms with Gasteiger partial charge in [0.1, 0.15) is 0 Å². The second-order valence-electron chi connectivity index (χ2n) is 3.99. The minimum Gasteiger partial charge on any atom is -0.412 e. The summed E-state index contributed by atoms with van der Waals surface area (Å²) in [6.45, 7) is 1.99. The molecule has 5 nitrogen and oxygen atoms in total. The molecule has 0 aromatic heterocycles. The summed E-state index contributed by atoms with van der Waals surface area (Å²) in [7, 11) is 1.51. The van der Waals surface area contributed by atoms with Gasteiger partial charge in [-0.2, -0.15) is 0 Å². The van der Waals surface area contributed by atoms with Crippen LogP contribution in [0.15, 0.2) is 24.3 Å². The van der Waals surface area contributed by atoms with Crippen molar-refractivity contribution in [3.05, 3.63) is 33.4 Å². The van der Waals surface area contributed by atoms with Gasteiger partial charge in [0, 0.05) is 22.7 Å². The number of hydrogen-bond acceptors (Lipinski definition) is 4. The van der Waals surface area contributed by atoms with Crippen molar-refractivity contribution in [3.63, 3.8) is 0 Å². The van der Waals surface area contributed by atoms with Crippen LogP contribution in [0.4, 0.5) is 4.79 Å². The summed E-state index contributed by atoms with van der Waals surface area (Å²) in [6.07, 6.45) is 0.394. The van der Waals surface area contributed by atoms with Gasteiger partial charge in [-0.1, -0.05) is 19.1 Å². The smallest absolute Gasteiger partial charge is 0.407 e. The molecule has 0 radical (unpaired) electrons. The molecule has 2 N–H and O–H groups in total. The Morgan fingerprint density at radius 3 is 2.74 bits per heavy atom. The molecule has 0 aliphatic heterocycles. The van der Waals surface area contributed by atoms with Gasteiger partial charge in [-0.3, -0.25) is 0 Å². The Balaban J connectivity index is 3.15. The van der Waals surface area contributed by atoms with Crippen molar-refractivity contribution in [2.45, 2.75) is 25.6 Å². The normalized spacial score (nSPS) is 13.8. The number of carbonyl (C=O) groups excluding carboxylic acids is 1. The lowest BCUT2D eigenvalue weighted by molar-refractivity contribution is -0.251. The summed E-state index contributed by atoms with van der Waals surface area (Å²) >= 11 is 2.19. The van der Waals surface area contributed by atoms with E-state index < -0.39 is 11.9 Å². The van der Waals surface area contributed by atoms with Gasteiger partial charge in [-0.05, 0) is 41.1 Å². The van der Waals surface area contributed by atoms with Crippen molar-refractivity contribution in [2.24, 2.45) is 5.73 Å². The number of methoxy groups -OCH3 is 1. The number of hydrogen-bond donors (Lipinski definition) is 1. The van der Waals surface area contributed by atoms with Crippen molar-refractivity contribution < 1.29 is 19.0 Å². The molecule has 0 heterocycles. The van der Waals surface area contributed by atoms with Crippen LogP contribution in [0, 0.1) is 3.57 Å². The molecule has 0 unspecified atom stereocenters. The standard InChI is InChI=1S/C13H18INO4/c1-3-7-13(18-9-17-2,19-12(15)16)10-5-4-6-11(14)8-10/h4-6,8H,3,7,9H2,1-2H3,(H2,15,16)/t13-/m1/s1. The molecule has 1 atom stereocenters. The van der Waals surface area contributed by atoms with E-state index in [1.54, 1.807) is 0 Å². The van der Waals surface area contributed by atoms with Crippen LogP contribution in [0.25, 0.3) is 0 Å². The van der Waals surface area contributed by atoms with Crippen LogP contribution in [0.3, 0.4) is 0 Å². The average molecular weight is 379 g/mol. The predicted octanol–water partition coefficient (Wildman–Crippen LogP) is 2.96. The van der Waals surface area contributed by atoms with E-state index in [1.165, 1.54) is 7.11 Å². The number of amides is 1. The topological polar surface area (TPSA) is 70.8 Å². The molecule has 0 spiro atoms. The average Bonchev–Trinajstić information content (AvgIpc) is 2.35. The molecule has 1 aromatic rings. The third-order valence-electron chi connectivity index (χ3n) is 2.52. The van der Waals surface area contributed by atoms with Gasteiger partial charge in [0.2, 0.25) is 5.79 Å². The number of ether oxygens (including phenoxy) is 3. The van der Waals surface area contributed by atoms with Crippen molar-refractivity contribution in [1.82, 2.24) is 0 Å². The van der Waals surface area contributed by atoms with E-state index in [2.05, 4.69) is 22.6 Å². The Morgan fingerprint density at radius 2 is 2.21 bits per heavy atom. The van der Waals surface area contributed by atoms with E-state index in [4.69, 9.17) is 19.9 Å². The molecule has 19 heavy (non-hydrogen) atoms. The first kappa shape index (κ1) is 16.2. The quantitative estimate of drug-likeness (QED) is 0.584. The van der Waals surface area contributed by atoms with Gasteiger partial charge in [0.05, 0.1) is 0 Å². The first-order chi connectivity index (χ1) is 9.04. The van der Waals surface area contributed by atoms with E-state index in [0.29, 0.717) is 6.42 Å². The molecular weight excluding hydrogens is 361 g/mol. The second-order valence-corrected chi connectivity index (χ2v) is 5.23. The lowest BCUT2D eigenvalue weighted by atomic mass is 10.0. The molecule has 1 rings (SSSR count). The Labute approximate surface area is 126 Å². The zero-order valence-electron chi connectivity index (χ0n) is 11.0. The molecule has 6 heteroatoms. The van der Waals surface area contributed by atoms with Gasteiger partial charge in [0.15, 0.2) is 6.79 Å². The number of carbonyl (C=O) groups is 1. The SMILES string of the molecule is CCC[C@@](OCOC)(OC(N)=O)c1cccc(I)c1. The Bertz CT molecular complexity index is 427. The van der Waals surface area contributed by atoms with Crippen LogP contribution in [0.2, 0.25) is 0 Å². The van der Waals surface area contributed by atoms with Crippen molar-refractivity contribution in [3.8, 4) is 0 Å². The van der Waals surface area contributed by atoms with Crippen molar-refractivity contribution in [1.29, 1.82) is 0 Å². The molecule has 0 saturated carbocycles. The Morgan fingerprint density at radius 1 is 1.47 bits per heavy atom. The number of primary amides is 1. The van der Waals surface area contributed by atoms with Gasteiger partial charge in [-0.25, -0.2) is 4.79 Å². The van der Waals surface area contributed by atoms with E-state index in [0.717, 1.165) is 15.6 Å². The summed E-state index contributed by atoms with van der Waals surface area (Å²) in [6, 6.07) is 7.56. The molecular formula is C13H18INO4. The third kappa shape index (κ3) is 4.63. The summed E-state index contributed by atoms with van der Waals surface area (Å²) in [5.74, 6) is -1.20. The number of nitrogens with two attached hydrogens (primary N) is 1. The molecule has 106 valence electrons. The number of halogens is 1. The van der Waals surface area contributed by atoms with Crippen LogP contribution in [-0.4, -0.2) is 20.0 Å². The van der Waals surface area contributed by atoms with Crippen LogP contribution >= 0.6 is 22.6 Å². The maximum atomic E-state index is 11.2. The first-order valence-corrected chi connectivity index (χ1v) is 6.99. The largest absolute Gasteiger partial charge is 0.412 e. The summed E-state index contributed by atoms with van der Waals surface area (Å²) in [4.78, 5) is 11.2. The van der Waals surface area contributed by atoms with Gasteiger partial charge < -0.3 is 19.9 Å². The summed E-state index contributed by atoms with van der Waals surface area (Å²) in [5, 5.41) is 0. The number of rotatable bonds is 7. The van der Waals surface area contributed by atoms with E-state index in [1.807, 2.05) is 31.2 Å². The monoisotopic (exact) mass is 379 g/mol. The van der Waals surface area contributed by atoms with Crippen molar-refractivity contribution in [2.75, 3.05) is 13.9 Å². The van der Waals surface area contributed by atoms with E-state index >= 15 is 0 Å². The minimum atomic E-state index is -1.20. The highest BCUT2D eigenvalue weighted by molar-refractivity contribution is 14.1. The van der Waals surface area contributed by atoms with E-state index in [9.17, 15) is 4.79 Å². The van der Waals surface area contributed by atoms with Crippen LogP contribution in [-0.2, 0) is 20.0 Å². The van der Waals surface area contributed by atoms with Gasteiger partial charge in [-0.15, -0.1) is 0 Å². The fraction of sp³-hybridized carbons (Fsp3) is 0.462. The highest BCUT2D eigenvalue weighted by atomic mass is 127. The molecule has 1 aromatic carbocycles. The number of benzene rings is 1. The molecule has 0 fully saturated rings. The second kappa shape index (κ2) is 7.66. The highest BCUT2D eigenvalue weighted by Gasteiger charge is 2.36. The Kier molecular flexibility index (Phi) is 6.53. The van der Waals surface area contributed by atoms with Gasteiger partial charge >= 0.3 is 6.09 Å². The molecule has 0 aliphatic rings. The maximum absolute atomic E-state index is 11.2. The van der Waals surface area contributed by atoms with Crippen molar-refractivity contribution >= 4 is 28.7 Å². The molecule has 1 amide bonds. The zero-order chi connectivity index (χ0) is 14.3. The Hall–Kier alpha value is -0.860. The lowest BCUT2D eigenvalue weighted by Gasteiger charge is -2.32. The fourth-order valence-electron chi connectivity index (χ4n) is 1.81.